The van der Waals surface area contributed by atoms with Crippen LogP contribution in [0, 0.1) is 0 Å². The molecule has 0 radical (unpaired) electrons. The van der Waals surface area contributed by atoms with Gasteiger partial charge in [0.1, 0.15) is 5.82 Å². The zero-order valence-electron chi connectivity index (χ0n) is 18.6. The summed E-state index contributed by atoms with van der Waals surface area (Å²) in [6, 6.07) is 9.84. The average molecular weight is 541 g/mol. The first-order valence-electron chi connectivity index (χ1n) is 10.2. The van der Waals surface area contributed by atoms with E-state index in [9.17, 15) is 0 Å². The van der Waals surface area contributed by atoms with Gasteiger partial charge in [-0.1, -0.05) is 6.07 Å². The first-order chi connectivity index (χ1) is 14.6. The van der Waals surface area contributed by atoms with Gasteiger partial charge >= 0.3 is 0 Å². The number of hydrogen-bond donors (Lipinski definition) is 2. The fourth-order valence-corrected chi connectivity index (χ4v) is 3.26. The molecule has 2 heterocycles. The van der Waals surface area contributed by atoms with Gasteiger partial charge in [-0.25, -0.2) is 4.98 Å². The molecule has 1 saturated heterocycles. The largest absolute Gasteiger partial charge is 0.493 e. The number of benzene rings is 1. The topological polar surface area (TPSA) is 80.2 Å². The van der Waals surface area contributed by atoms with Gasteiger partial charge in [0.05, 0.1) is 26.4 Å². The Hall–Kier alpha value is -2.27. The summed E-state index contributed by atoms with van der Waals surface area (Å²) in [5.74, 6) is 3.04. The second kappa shape index (κ2) is 12.6. The summed E-state index contributed by atoms with van der Waals surface area (Å²) in [7, 11) is 3.37. The van der Waals surface area contributed by atoms with Gasteiger partial charge in [0.2, 0.25) is 0 Å². The summed E-state index contributed by atoms with van der Waals surface area (Å²) < 4.78 is 16.6. The summed E-state index contributed by atoms with van der Waals surface area (Å²) in [6.45, 7) is 7.69. The molecule has 0 aliphatic carbocycles. The van der Waals surface area contributed by atoms with Gasteiger partial charge in [-0.05, 0) is 37.6 Å². The van der Waals surface area contributed by atoms with Crippen LogP contribution in [0.3, 0.4) is 0 Å². The number of anilines is 2. The number of halogens is 1. The molecule has 0 bridgehead atoms. The Bertz CT molecular complexity index is 848. The molecule has 1 aliphatic heterocycles. The van der Waals surface area contributed by atoms with E-state index in [0.717, 1.165) is 36.8 Å². The van der Waals surface area contributed by atoms with Gasteiger partial charge in [0.25, 0.3) is 0 Å². The second-order valence-corrected chi connectivity index (χ2v) is 7.00. The molecule has 8 nitrogen and oxygen atoms in total. The maximum atomic E-state index is 5.64. The number of aliphatic imine (C=N–C) groups is 1. The Morgan fingerprint density at radius 3 is 2.77 bits per heavy atom. The second-order valence-electron chi connectivity index (χ2n) is 7.00. The highest BCUT2D eigenvalue weighted by atomic mass is 127. The normalized spacial score (nSPS) is 16.3. The van der Waals surface area contributed by atoms with Crippen molar-refractivity contribution in [2.24, 2.45) is 4.99 Å². The van der Waals surface area contributed by atoms with Crippen molar-refractivity contribution in [2.45, 2.75) is 26.5 Å². The van der Waals surface area contributed by atoms with Gasteiger partial charge < -0.3 is 29.7 Å². The maximum absolute atomic E-state index is 5.64. The first kappa shape index (κ1) is 25.0. The number of morpholine rings is 1. The summed E-state index contributed by atoms with van der Waals surface area (Å²) in [6.07, 6.45) is 2.13. The Balaban J connectivity index is 0.00000341. The van der Waals surface area contributed by atoms with Crippen LogP contribution in [-0.4, -0.2) is 57.5 Å². The van der Waals surface area contributed by atoms with E-state index in [1.807, 2.05) is 31.3 Å². The molecule has 3 rings (SSSR count). The summed E-state index contributed by atoms with van der Waals surface area (Å²) in [4.78, 5) is 11.2. The van der Waals surface area contributed by atoms with Crippen LogP contribution in [0.1, 0.15) is 19.4 Å². The number of nitrogens with one attached hydrogen (secondary N) is 2. The van der Waals surface area contributed by atoms with E-state index in [-0.39, 0.29) is 30.1 Å². The van der Waals surface area contributed by atoms with Crippen molar-refractivity contribution >= 4 is 41.4 Å². The molecule has 9 heteroatoms. The van der Waals surface area contributed by atoms with E-state index >= 15 is 0 Å². The number of ether oxygens (including phenoxy) is 3. The number of rotatable bonds is 7. The quantitative estimate of drug-likeness (QED) is 0.316. The predicted octanol–water partition coefficient (Wildman–Crippen LogP) is 3.52. The minimum Gasteiger partial charge on any atom is -0.493 e. The Kier molecular flexibility index (Phi) is 10.1. The van der Waals surface area contributed by atoms with Crippen LogP contribution in [0.5, 0.6) is 11.5 Å². The lowest BCUT2D eigenvalue weighted by Crippen LogP contribution is -2.41. The number of guanidine groups is 1. The van der Waals surface area contributed by atoms with Gasteiger partial charge in [0.15, 0.2) is 17.5 Å². The van der Waals surface area contributed by atoms with Crippen LogP contribution in [-0.2, 0) is 11.3 Å². The van der Waals surface area contributed by atoms with Crippen molar-refractivity contribution in [3.63, 3.8) is 0 Å². The van der Waals surface area contributed by atoms with Gasteiger partial charge in [0, 0.05) is 44.6 Å². The number of methoxy groups -OCH3 is 1. The smallest absolute Gasteiger partial charge is 0.195 e. The van der Waals surface area contributed by atoms with Crippen LogP contribution in [0.15, 0.2) is 41.5 Å². The van der Waals surface area contributed by atoms with E-state index in [0.29, 0.717) is 30.6 Å². The molecule has 2 N–H and O–H groups in total. The summed E-state index contributed by atoms with van der Waals surface area (Å²) >= 11 is 0. The Morgan fingerprint density at radius 2 is 2.13 bits per heavy atom. The van der Waals surface area contributed by atoms with E-state index < -0.39 is 0 Å². The first-order valence-corrected chi connectivity index (χ1v) is 10.2. The van der Waals surface area contributed by atoms with Crippen molar-refractivity contribution in [3.8, 4) is 11.5 Å². The Morgan fingerprint density at radius 1 is 1.29 bits per heavy atom. The SMILES string of the molecule is CCOc1cc(NC(=NC)NCc2ccc(N3CCOC(C)C3)nc2)ccc1OC.I. The third-order valence-electron chi connectivity index (χ3n) is 4.78. The molecule has 1 fully saturated rings. The number of pyridine rings is 1. The molecule has 1 aromatic carbocycles. The molecular formula is C22H32IN5O3. The Labute approximate surface area is 201 Å². The van der Waals surface area contributed by atoms with Gasteiger partial charge in [-0.15, -0.1) is 24.0 Å². The molecule has 1 unspecified atom stereocenters. The molecule has 0 amide bonds. The zero-order valence-corrected chi connectivity index (χ0v) is 20.9. The molecule has 31 heavy (non-hydrogen) atoms. The van der Waals surface area contributed by atoms with E-state index in [2.05, 4.69) is 44.6 Å². The zero-order chi connectivity index (χ0) is 21.3. The minimum absolute atomic E-state index is 0. The monoisotopic (exact) mass is 541 g/mol. The molecule has 1 aromatic heterocycles. The van der Waals surface area contributed by atoms with Crippen LogP contribution < -0.4 is 25.0 Å². The highest BCUT2D eigenvalue weighted by molar-refractivity contribution is 14.0. The van der Waals surface area contributed by atoms with Crippen molar-refractivity contribution in [2.75, 3.05) is 50.7 Å². The number of hydrogen-bond acceptors (Lipinski definition) is 6. The molecule has 2 aromatic rings. The average Bonchev–Trinajstić information content (AvgIpc) is 2.77. The molecule has 0 spiro atoms. The minimum atomic E-state index is 0. The third-order valence-corrected chi connectivity index (χ3v) is 4.78. The van der Waals surface area contributed by atoms with Crippen molar-refractivity contribution in [3.05, 3.63) is 42.1 Å². The van der Waals surface area contributed by atoms with E-state index in [1.165, 1.54) is 0 Å². The maximum Gasteiger partial charge on any atom is 0.195 e. The van der Waals surface area contributed by atoms with Crippen molar-refractivity contribution in [1.82, 2.24) is 10.3 Å². The highest BCUT2D eigenvalue weighted by Gasteiger charge is 2.17. The van der Waals surface area contributed by atoms with Crippen molar-refractivity contribution < 1.29 is 14.2 Å². The lowest BCUT2D eigenvalue weighted by atomic mass is 10.2. The van der Waals surface area contributed by atoms with E-state index in [1.54, 1.807) is 14.2 Å². The van der Waals surface area contributed by atoms with Crippen LogP contribution >= 0.6 is 24.0 Å². The molecule has 0 saturated carbocycles. The summed E-state index contributed by atoms with van der Waals surface area (Å²) in [5.41, 5.74) is 1.94. The number of aromatic nitrogens is 1. The van der Waals surface area contributed by atoms with Crippen LogP contribution in [0.4, 0.5) is 11.5 Å². The lowest BCUT2D eigenvalue weighted by molar-refractivity contribution is 0.0529. The molecule has 170 valence electrons. The predicted molar refractivity (Wildman–Crippen MR) is 135 cm³/mol. The number of nitrogens with zero attached hydrogens (tertiary/aromatic N) is 3. The third kappa shape index (κ3) is 7.13. The highest BCUT2D eigenvalue weighted by Crippen LogP contribution is 2.30. The molecule has 1 aliphatic rings. The fraction of sp³-hybridized carbons (Fsp3) is 0.455. The van der Waals surface area contributed by atoms with Gasteiger partial charge in [-0.2, -0.15) is 0 Å². The fourth-order valence-electron chi connectivity index (χ4n) is 3.26. The molecule has 1 atom stereocenters. The summed E-state index contributed by atoms with van der Waals surface area (Å²) in [5, 5.41) is 6.59. The lowest BCUT2D eigenvalue weighted by Gasteiger charge is -2.32. The van der Waals surface area contributed by atoms with Crippen LogP contribution in [0.2, 0.25) is 0 Å². The van der Waals surface area contributed by atoms with Crippen LogP contribution in [0.25, 0.3) is 0 Å². The molecular weight excluding hydrogens is 509 g/mol. The van der Waals surface area contributed by atoms with Gasteiger partial charge in [-0.3, -0.25) is 4.99 Å². The standard InChI is InChI=1S/C22H31N5O3.HI/c1-5-29-20-12-18(7-8-19(20)28-4)26-22(23-3)25-14-17-6-9-21(24-13-17)27-10-11-30-16(2)15-27;/h6-9,12-13,16H,5,10-11,14-15H2,1-4H3,(H2,23,25,26);1H. The van der Waals surface area contributed by atoms with Crippen molar-refractivity contribution in [1.29, 1.82) is 0 Å². The van der Waals surface area contributed by atoms with E-state index in [4.69, 9.17) is 14.2 Å².